The van der Waals surface area contributed by atoms with Crippen LogP contribution in [-0.2, 0) is 0 Å². The summed E-state index contributed by atoms with van der Waals surface area (Å²) in [6.45, 7) is 0.512. The maximum atomic E-state index is 13.3. The topological polar surface area (TPSA) is 73.5 Å². The fourth-order valence-corrected chi connectivity index (χ4v) is 3.00. The van der Waals surface area contributed by atoms with Crippen LogP contribution in [0.4, 0.5) is 35.4 Å². The van der Waals surface area contributed by atoms with Crippen molar-refractivity contribution in [2.75, 3.05) is 28.6 Å². The Kier molecular flexibility index (Phi) is 7.99. The van der Waals surface area contributed by atoms with E-state index in [4.69, 9.17) is 11.6 Å². The van der Waals surface area contributed by atoms with Crippen molar-refractivity contribution in [1.29, 1.82) is 0 Å². The number of carbonyl (C=O) groups is 2. The van der Waals surface area contributed by atoms with Gasteiger partial charge < -0.3 is 16.0 Å². The van der Waals surface area contributed by atoms with Gasteiger partial charge in [0, 0.05) is 35.2 Å². The molecule has 166 valence electrons. The molecule has 0 bridgehead atoms. The van der Waals surface area contributed by atoms with Crippen molar-refractivity contribution in [2.45, 2.75) is 6.42 Å². The van der Waals surface area contributed by atoms with Gasteiger partial charge in [-0.1, -0.05) is 17.7 Å². The molecule has 6 nitrogen and oxygen atoms in total. The van der Waals surface area contributed by atoms with Gasteiger partial charge in [-0.05, 0) is 73.2 Å². The molecule has 0 saturated heterocycles. The minimum atomic E-state index is -0.491. The van der Waals surface area contributed by atoms with Crippen LogP contribution in [-0.4, -0.2) is 25.2 Å². The van der Waals surface area contributed by atoms with Crippen molar-refractivity contribution in [2.24, 2.45) is 0 Å². The Balaban J connectivity index is 1.57. The number of urea groups is 2. The minimum Gasteiger partial charge on any atom is -0.338 e. The SMILES string of the molecule is O=C(NCCCN(C(=O)Nc1ccc(Cl)cc1)c1ccc(F)cc1)Nc1cccc(F)c1. The van der Waals surface area contributed by atoms with Crippen molar-refractivity contribution in [1.82, 2.24) is 5.32 Å². The highest BCUT2D eigenvalue weighted by Crippen LogP contribution is 2.19. The molecule has 32 heavy (non-hydrogen) atoms. The fraction of sp³-hybridized carbons (Fsp3) is 0.130. The van der Waals surface area contributed by atoms with Crippen LogP contribution in [0, 0.1) is 11.6 Å². The summed E-state index contributed by atoms with van der Waals surface area (Å²) in [6.07, 6.45) is 0.419. The smallest absolute Gasteiger partial charge is 0.326 e. The highest BCUT2D eigenvalue weighted by Gasteiger charge is 2.16. The van der Waals surface area contributed by atoms with Crippen molar-refractivity contribution < 1.29 is 18.4 Å². The summed E-state index contributed by atoms with van der Waals surface area (Å²) in [4.78, 5) is 26.3. The molecular weight excluding hydrogens is 438 g/mol. The summed E-state index contributed by atoms with van der Waals surface area (Å²) in [7, 11) is 0. The quantitative estimate of drug-likeness (QED) is 0.387. The van der Waals surface area contributed by atoms with Gasteiger partial charge in [-0.2, -0.15) is 0 Å². The first-order valence-corrected chi connectivity index (χ1v) is 10.2. The van der Waals surface area contributed by atoms with E-state index in [1.54, 1.807) is 30.3 Å². The standard InChI is InChI=1S/C23H21ClF2N4O2/c24-16-5-9-19(10-6-16)29-23(32)30(21-11-7-17(25)8-12-21)14-2-13-27-22(31)28-20-4-1-3-18(26)15-20/h1,3-12,15H,2,13-14H2,(H,29,32)(H2,27,28,31). The maximum absolute atomic E-state index is 13.3. The number of halogens is 3. The molecule has 0 aliphatic heterocycles. The number of rotatable bonds is 7. The summed E-state index contributed by atoms with van der Waals surface area (Å²) < 4.78 is 26.5. The van der Waals surface area contributed by atoms with Crippen LogP contribution in [0.3, 0.4) is 0 Å². The molecule has 0 fully saturated rings. The van der Waals surface area contributed by atoms with Gasteiger partial charge in [0.05, 0.1) is 0 Å². The van der Waals surface area contributed by atoms with E-state index in [9.17, 15) is 18.4 Å². The van der Waals surface area contributed by atoms with Gasteiger partial charge in [0.1, 0.15) is 11.6 Å². The maximum Gasteiger partial charge on any atom is 0.326 e. The zero-order valence-electron chi connectivity index (χ0n) is 16.9. The Hall–Kier alpha value is -3.65. The monoisotopic (exact) mass is 458 g/mol. The Labute approximate surface area is 189 Å². The highest BCUT2D eigenvalue weighted by molar-refractivity contribution is 6.30. The molecule has 3 N–H and O–H groups in total. The Bertz CT molecular complexity index is 1060. The van der Waals surface area contributed by atoms with Gasteiger partial charge in [-0.3, -0.25) is 4.90 Å². The molecule has 0 radical (unpaired) electrons. The largest absolute Gasteiger partial charge is 0.338 e. The third-order valence-electron chi connectivity index (χ3n) is 4.41. The van der Waals surface area contributed by atoms with Crippen LogP contribution >= 0.6 is 11.6 Å². The number of anilines is 3. The first-order chi connectivity index (χ1) is 15.4. The molecule has 0 spiro atoms. The van der Waals surface area contributed by atoms with Gasteiger partial charge in [0.15, 0.2) is 0 Å². The molecule has 3 aromatic rings. The second-order valence-corrected chi connectivity index (χ2v) is 7.25. The van der Waals surface area contributed by atoms with Crippen molar-refractivity contribution in [3.63, 3.8) is 0 Å². The first-order valence-electron chi connectivity index (χ1n) is 9.81. The lowest BCUT2D eigenvalue weighted by atomic mass is 10.2. The predicted molar refractivity (Wildman–Crippen MR) is 122 cm³/mol. The van der Waals surface area contributed by atoms with E-state index in [1.165, 1.54) is 47.4 Å². The summed E-state index contributed by atoms with van der Waals surface area (Å²) in [5, 5.41) is 8.50. The second kappa shape index (κ2) is 11.1. The van der Waals surface area contributed by atoms with Crippen molar-refractivity contribution in [3.8, 4) is 0 Å². The molecule has 0 heterocycles. The van der Waals surface area contributed by atoms with Gasteiger partial charge in [-0.15, -0.1) is 0 Å². The molecule has 9 heteroatoms. The van der Waals surface area contributed by atoms with Gasteiger partial charge in [0.2, 0.25) is 0 Å². The van der Waals surface area contributed by atoms with Gasteiger partial charge in [-0.25, -0.2) is 18.4 Å². The number of hydrogen-bond donors (Lipinski definition) is 3. The predicted octanol–water partition coefficient (Wildman–Crippen LogP) is 5.87. The summed E-state index contributed by atoms with van der Waals surface area (Å²) in [5.41, 5.74) is 1.39. The average molecular weight is 459 g/mol. The van der Waals surface area contributed by atoms with E-state index in [1.807, 2.05) is 0 Å². The zero-order chi connectivity index (χ0) is 22.9. The second-order valence-electron chi connectivity index (χ2n) is 6.81. The van der Waals surface area contributed by atoms with E-state index >= 15 is 0 Å². The van der Waals surface area contributed by atoms with Crippen molar-refractivity contribution >= 4 is 40.7 Å². The fourth-order valence-electron chi connectivity index (χ4n) is 2.87. The molecule has 0 aromatic heterocycles. The summed E-state index contributed by atoms with van der Waals surface area (Å²) in [5.74, 6) is -0.869. The van der Waals surface area contributed by atoms with Crippen LogP contribution in [0.15, 0.2) is 72.8 Å². The number of nitrogens with one attached hydrogen (secondary N) is 3. The van der Waals surface area contributed by atoms with Crippen LogP contribution in [0.5, 0.6) is 0 Å². The number of benzene rings is 3. The van der Waals surface area contributed by atoms with E-state index in [0.29, 0.717) is 28.5 Å². The van der Waals surface area contributed by atoms with Gasteiger partial charge in [0.25, 0.3) is 0 Å². The summed E-state index contributed by atoms with van der Waals surface area (Å²) in [6, 6.07) is 16.8. The molecule has 0 atom stereocenters. The Morgan fingerprint density at radius 2 is 1.56 bits per heavy atom. The number of nitrogens with zero attached hydrogens (tertiary/aromatic N) is 1. The first kappa shape index (κ1) is 23.0. The Morgan fingerprint density at radius 3 is 2.25 bits per heavy atom. The number of amides is 4. The van der Waals surface area contributed by atoms with Crippen LogP contribution < -0.4 is 20.9 Å². The normalized spacial score (nSPS) is 10.3. The molecule has 3 rings (SSSR count). The van der Waals surface area contributed by atoms with Crippen LogP contribution in [0.25, 0.3) is 0 Å². The number of carbonyl (C=O) groups excluding carboxylic acids is 2. The molecular formula is C23H21ClF2N4O2. The van der Waals surface area contributed by atoms with Crippen LogP contribution in [0.1, 0.15) is 6.42 Å². The average Bonchev–Trinajstić information content (AvgIpc) is 2.76. The molecule has 4 amide bonds. The zero-order valence-corrected chi connectivity index (χ0v) is 17.7. The molecule has 0 aliphatic rings. The molecule has 0 aliphatic carbocycles. The third-order valence-corrected chi connectivity index (χ3v) is 4.66. The molecule has 3 aromatic carbocycles. The lowest BCUT2D eigenvalue weighted by Crippen LogP contribution is -2.38. The Morgan fingerprint density at radius 1 is 0.844 bits per heavy atom. The summed E-state index contributed by atoms with van der Waals surface area (Å²) >= 11 is 5.87. The lowest BCUT2D eigenvalue weighted by molar-refractivity contribution is 0.252. The van der Waals surface area contributed by atoms with E-state index < -0.39 is 23.7 Å². The minimum absolute atomic E-state index is 0.255. The molecule has 0 saturated carbocycles. The van der Waals surface area contributed by atoms with Crippen molar-refractivity contribution in [3.05, 3.63) is 89.5 Å². The molecule has 0 unspecified atom stereocenters. The van der Waals surface area contributed by atoms with E-state index in [0.717, 1.165) is 0 Å². The lowest BCUT2D eigenvalue weighted by Gasteiger charge is -2.23. The van der Waals surface area contributed by atoms with Crippen LogP contribution in [0.2, 0.25) is 5.02 Å². The van der Waals surface area contributed by atoms with E-state index in [2.05, 4.69) is 16.0 Å². The van der Waals surface area contributed by atoms with E-state index in [-0.39, 0.29) is 13.1 Å². The van der Waals surface area contributed by atoms with Gasteiger partial charge >= 0.3 is 12.1 Å². The highest BCUT2D eigenvalue weighted by atomic mass is 35.5. The third kappa shape index (κ3) is 6.95. The number of hydrogen-bond acceptors (Lipinski definition) is 2.